The standard InChI is InChI=1S/C21H29N3O2/c1-17-5-6-20(26-17)12-24-9-7-21(16-24)15-23(2)11-19(21)14-25-13-18-4-3-8-22-10-18/h3-6,8,10,19H,7,9,11-16H2,1-2H3/t19-,21+/m0/s1. The van der Waals surface area contributed by atoms with Crippen molar-refractivity contribution >= 4 is 0 Å². The van der Waals surface area contributed by atoms with E-state index in [1.807, 2.05) is 19.2 Å². The normalized spacial score (nSPS) is 26.9. The van der Waals surface area contributed by atoms with Crippen molar-refractivity contribution in [1.82, 2.24) is 14.8 Å². The predicted octanol–water partition coefficient (Wildman–Crippen LogP) is 2.95. The minimum absolute atomic E-state index is 0.353. The number of nitrogens with zero attached hydrogens (tertiary/aromatic N) is 3. The first-order valence-corrected chi connectivity index (χ1v) is 9.56. The molecular weight excluding hydrogens is 326 g/mol. The van der Waals surface area contributed by atoms with Crippen molar-refractivity contribution in [1.29, 1.82) is 0 Å². The molecule has 140 valence electrons. The number of pyridine rings is 1. The third kappa shape index (κ3) is 3.85. The average Bonchev–Trinajstić information content (AvgIpc) is 3.30. The number of hydrogen-bond acceptors (Lipinski definition) is 5. The monoisotopic (exact) mass is 355 g/mol. The highest BCUT2D eigenvalue weighted by Gasteiger charge is 2.49. The maximum atomic E-state index is 6.09. The number of rotatable bonds is 6. The summed E-state index contributed by atoms with van der Waals surface area (Å²) in [5.41, 5.74) is 1.50. The van der Waals surface area contributed by atoms with Gasteiger partial charge in [-0.15, -0.1) is 0 Å². The van der Waals surface area contributed by atoms with Crippen molar-refractivity contribution in [2.75, 3.05) is 39.8 Å². The molecule has 2 atom stereocenters. The second-order valence-corrected chi connectivity index (χ2v) is 8.11. The van der Waals surface area contributed by atoms with Crippen LogP contribution in [0, 0.1) is 18.3 Å². The van der Waals surface area contributed by atoms with Gasteiger partial charge in [-0.05, 0) is 50.7 Å². The Morgan fingerprint density at radius 2 is 2.23 bits per heavy atom. The molecule has 2 aliphatic heterocycles. The lowest BCUT2D eigenvalue weighted by Gasteiger charge is -2.30. The molecule has 0 aliphatic carbocycles. The van der Waals surface area contributed by atoms with E-state index in [1.165, 1.54) is 13.0 Å². The Morgan fingerprint density at radius 3 is 3.00 bits per heavy atom. The molecule has 0 saturated carbocycles. The first kappa shape index (κ1) is 17.7. The van der Waals surface area contributed by atoms with Gasteiger partial charge in [-0.2, -0.15) is 0 Å². The van der Waals surface area contributed by atoms with E-state index in [1.54, 1.807) is 6.20 Å². The summed E-state index contributed by atoms with van der Waals surface area (Å²) >= 11 is 0. The summed E-state index contributed by atoms with van der Waals surface area (Å²) < 4.78 is 11.9. The molecule has 4 heterocycles. The lowest BCUT2D eigenvalue weighted by Crippen LogP contribution is -2.36. The third-order valence-electron chi connectivity index (χ3n) is 5.93. The molecule has 2 saturated heterocycles. The highest BCUT2D eigenvalue weighted by Crippen LogP contribution is 2.44. The van der Waals surface area contributed by atoms with Gasteiger partial charge in [0, 0.05) is 43.4 Å². The summed E-state index contributed by atoms with van der Waals surface area (Å²) in [5.74, 6) is 2.67. The van der Waals surface area contributed by atoms with Gasteiger partial charge < -0.3 is 14.1 Å². The molecule has 0 N–H and O–H groups in total. The van der Waals surface area contributed by atoms with E-state index in [9.17, 15) is 0 Å². The fourth-order valence-electron chi connectivity index (χ4n) is 4.71. The molecule has 5 heteroatoms. The molecule has 0 bridgehead atoms. The van der Waals surface area contributed by atoms with E-state index in [0.717, 1.165) is 49.9 Å². The van der Waals surface area contributed by atoms with Gasteiger partial charge in [-0.1, -0.05) is 6.07 Å². The fraction of sp³-hybridized carbons (Fsp3) is 0.571. The molecule has 0 aromatic carbocycles. The van der Waals surface area contributed by atoms with Crippen LogP contribution in [0.3, 0.4) is 0 Å². The molecule has 5 nitrogen and oxygen atoms in total. The zero-order valence-electron chi connectivity index (χ0n) is 15.9. The summed E-state index contributed by atoms with van der Waals surface area (Å²) in [7, 11) is 2.24. The van der Waals surface area contributed by atoms with Gasteiger partial charge in [0.2, 0.25) is 0 Å². The van der Waals surface area contributed by atoms with Crippen LogP contribution in [0.2, 0.25) is 0 Å². The lowest BCUT2D eigenvalue weighted by atomic mass is 9.77. The quantitative estimate of drug-likeness (QED) is 0.797. The molecule has 2 aliphatic rings. The molecule has 2 aromatic heterocycles. The van der Waals surface area contributed by atoms with Crippen LogP contribution in [0.4, 0.5) is 0 Å². The number of ether oxygens (including phenoxy) is 1. The second-order valence-electron chi connectivity index (χ2n) is 8.11. The number of furan rings is 1. The Labute approximate surface area is 156 Å². The van der Waals surface area contributed by atoms with E-state index < -0.39 is 0 Å². The average molecular weight is 355 g/mol. The van der Waals surface area contributed by atoms with Crippen molar-refractivity contribution in [3.05, 3.63) is 53.7 Å². The molecule has 2 aromatic rings. The van der Waals surface area contributed by atoms with Gasteiger partial charge in [-0.25, -0.2) is 0 Å². The van der Waals surface area contributed by atoms with Gasteiger partial charge in [0.05, 0.1) is 19.8 Å². The van der Waals surface area contributed by atoms with Crippen LogP contribution in [-0.4, -0.2) is 54.6 Å². The summed E-state index contributed by atoms with van der Waals surface area (Å²) in [5, 5.41) is 0. The molecule has 1 spiro atoms. The molecular formula is C21H29N3O2. The maximum Gasteiger partial charge on any atom is 0.118 e. The van der Waals surface area contributed by atoms with Gasteiger partial charge in [0.1, 0.15) is 11.5 Å². The summed E-state index contributed by atoms with van der Waals surface area (Å²) in [6.07, 6.45) is 4.94. The van der Waals surface area contributed by atoms with Crippen LogP contribution in [0.5, 0.6) is 0 Å². The second kappa shape index (κ2) is 7.51. The van der Waals surface area contributed by atoms with Crippen LogP contribution in [0.1, 0.15) is 23.5 Å². The van der Waals surface area contributed by atoms with Gasteiger partial charge in [0.25, 0.3) is 0 Å². The topological polar surface area (TPSA) is 41.7 Å². The van der Waals surface area contributed by atoms with Crippen LogP contribution in [0.25, 0.3) is 0 Å². The van der Waals surface area contributed by atoms with Crippen LogP contribution in [-0.2, 0) is 17.9 Å². The summed E-state index contributed by atoms with van der Waals surface area (Å²) in [6, 6.07) is 8.20. The Morgan fingerprint density at radius 1 is 1.31 bits per heavy atom. The van der Waals surface area contributed by atoms with Crippen molar-refractivity contribution in [3.8, 4) is 0 Å². The Balaban J connectivity index is 1.35. The number of aryl methyl sites for hydroxylation is 1. The number of likely N-dealkylation sites (tertiary alicyclic amines) is 2. The van der Waals surface area contributed by atoms with Crippen molar-refractivity contribution in [2.45, 2.75) is 26.5 Å². The van der Waals surface area contributed by atoms with E-state index in [-0.39, 0.29) is 0 Å². The predicted molar refractivity (Wildman–Crippen MR) is 101 cm³/mol. The largest absolute Gasteiger partial charge is 0.465 e. The summed E-state index contributed by atoms with van der Waals surface area (Å²) in [4.78, 5) is 9.18. The molecule has 26 heavy (non-hydrogen) atoms. The van der Waals surface area contributed by atoms with Gasteiger partial charge >= 0.3 is 0 Å². The molecule has 0 radical (unpaired) electrons. The Kier molecular flexibility index (Phi) is 5.11. The summed E-state index contributed by atoms with van der Waals surface area (Å²) in [6.45, 7) is 8.98. The Bertz CT molecular complexity index is 717. The maximum absolute atomic E-state index is 6.09. The minimum atomic E-state index is 0.353. The zero-order valence-corrected chi connectivity index (χ0v) is 15.9. The first-order chi connectivity index (χ1) is 12.6. The number of aromatic nitrogens is 1. The number of hydrogen-bond donors (Lipinski definition) is 0. The van der Waals surface area contributed by atoms with E-state index in [0.29, 0.717) is 17.9 Å². The van der Waals surface area contributed by atoms with Gasteiger partial charge in [-0.3, -0.25) is 9.88 Å². The SMILES string of the molecule is Cc1ccc(CN2CC[C@@]3(CN(C)C[C@H]3COCc3cccnc3)C2)o1. The van der Waals surface area contributed by atoms with Gasteiger partial charge in [0.15, 0.2) is 0 Å². The van der Waals surface area contributed by atoms with Crippen molar-refractivity contribution in [2.24, 2.45) is 11.3 Å². The lowest BCUT2D eigenvalue weighted by molar-refractivity contribution is 0.0512. The van der Waals surface area contributed by atoms with Crippen LogP contribution < -0.4 is 0 Å². The minimum Gasteiger partial charge on any atom is -0.465 e. The van der Waals surface area contributed by atoms with Crippen LogP contribution in [0.15, 0.2) is 41.1 Å². The molecule has 2 fully saturated rings. The van der Waals surface area contributed by atoms with Crippen LogP contribution >= 0.6 is 0 Å². The van der Waals surface area contributed by atoms with Crippen molar-refractivity contribution < 1.29 is 9.15 Å². The van der Waals surface area contributed by atoms with E-state index in [4.69, 9.17) is 9.15 Å². The van der Waals surface area contributed by atoms with Crippen molar-refractivity contribution in [3.63, 3.8) is 0 Å². The molecule has 0 unspecified atom stereocenters. The zero-order chi connectivity index (χ0) is 18.0. The molecule has 4 rings (SSSR count). The fourth-order valence-corrected chi connectivity index (χ4v) is 4.71. The highest BCUT2D eigenvalue weighted by atomic mass is 16.5. The van der Waals surface area contributed by atoms with E-state index in [2.05, 4.69) is 40.0 Å². The molecule has 0 amide bonds. The Hall–Kier alpha value is -1.69. The van der Waals surface area contributed by atoms with E-state index >= 15 is 0 Å². The first-order valence-electron chi connectivity index (χ1n) is 9.56. The third-order valence-corrected chi connectivity index (χ3v) is 5.93. The highest BCUT2D eigenvalue weighted by molar-refractivity contribution is 5.08. The smallest absolute Gasteiger partial charge is 0.118 e.